The average Bonchev–Trinajstić information content (AvgIpc) is 3.69. The van der Waals surface area contributed by atoms with Crippen LogP contribution in [0.3, 0.4) is 0 Å². The summed E-state index contributed by atoms with van der Waals surface area (Å²) in [4.78, 5) is 17.7. The van der Waals surface area contributed by atoms with Crippen molar-refractivity contribution in [3.63, 3.8) is 0 Å². The van der Waals surface area contributed by atoms with E-state index in [4.69, 9.17) is 26.2 Å². The van der Waals surface area contributed by atoms with Gasteiger partial charge >= 0.3 is 5.91 Å². The van der Waals surface area contributed by atoms with Gasteiger partial charge in [-0.15, -0.1) is 0 Å². The Morgan fingerprint density at radius 1 is 1.10 bits per heavy atom. The van der Waals surface area contributed by atoms with Gasteiger partial charge in [0, 0.05) is 27.9 Å². The van der Waals surface area contributed by atoms with Gasteiger partial charge in [0.1, 0.15) is 5.76 Å². The summed E-state index contributed by atoms with van der Waals surface area (Å²) in [5.41, 5.74) is 13.7. The van der Waals surface area contributed by atoms with Crippen LogP contribution in [-0.4, -0.2) is 26.9 Å². The number of carbonyl (C=O) groups excluding carboxylic acids is 1. The van der Waals surface area contributed by atoms with Gasteiger partial charge in [-0.2, -0.15) is 10.2 Å². The highest BCUT2D eigenvalue weighted by Gasteiger charge is 2.24. The highest BCUT2D eigenvalue weighted by atomic mass is 35.5. The Morgan fingerprint density at radius 3 is 2.64 bits per heavy atom. The van der Waals surface area contributed by atoms with E-state index in [-0.39, 0.29) is 17.2 Å². The van der Waals surface area contributed by atoms with Gasteiger partial charge < -0.3 is 14.6 Å². The molecule has 0 atom stereocenters. The molecular formula is C29H21ClN6O3. The van der Waals surface area contributed by atoms with Gasteiger partial charge in [0.05, 0.1) is 40.6 Å². The SMILES string of the molecule is Cc1nn(-c2ccccc2)cc1C=NNC(=O)c1oc2nc(-c3ccc(Cl)cc3)cc(-c3ccco3)c2c1N. The molecule has 39 heavy (non-hydrogen) atoms. The Morgan fingerprint density at radius 2 is 1.90 bits per heavy atom. The lowest BCUT2D eigenvalue weighted by molar-refractivity contribution is 0.0930. The number of hydrogen-bond acceptors (Lipinski definition) is 7. The molecule has 10 heteroatoms. The fourth-order valence-corrected chi connectivity index (χ4v) is 4.33. The Balaban J connectivity index is 1.32. The molecule has 0 saturated carbocycles. The number of pyridine rings is 1. The van der Waals surface area contributed by atoms with Crippen LogP contribution in [-0.2, 0) is 0 Å². The van der Waals surface area contributed by atoms with Crippen LogP contribution in [0.5, 0.6) is 0 Å². The maximum absolute atomic E-state index is 13.0. The normalized spacial score (nSPS) is 11.4. The predicted molar refractivity (Wildman–Crippen MR) is 150 cm³/mol. The molecule has 0 radical (unpaired) electrons. The number of furan rings is 2. The topological polar surface area (TPSA) is 124 Å². The number of fused-ring (bicyclic) bond motifs is 1. The summed E-state index contributed by atoms with van der Waals surface area (Å²) < 4.78 is 13.3. The summed E-state index contributed by atoms with van der Waals surface area (Å²) in [6.07, 6.45) is 4.90. The van der Waals surface area contributed by atoms with E-state index in [1.807, 2.05) is 61.7 Å². The van der Waals surface area contributed by atoms with Crippen molar-refractivity contribution in [3.05, 3.63) is 107 Å². The second kappa shape index (κ2) is 9.96. The first-order valence-corrected chi connectivity index (χ1v) is 12.3. The van der Waals surface area contributed by atoms with E-state index in [1.165, 1.54) is 6.21 Å². The van der Waals surface area contributed by atoms with E-state index < -0.39 is 5.91 Å². The summed E-state index contributed by atoms with van der Waals surface area (Å²) in [7, 11) is 0. The molecule has 9 nitrogen and oxygen atoms in total. The van der Waals surface area contributed by atoms with Crippen molar-refractivity contribution in [2.75, 3.05) is 5.73 Å². The largest absolute Gasteiger partial charge is 0.464 e. The first kappa shape index (κ1) is 24.2. The van der Waals surface area contributed by atoms with Crippen molar-refractivity contribution in [1.82, 2.24) is 20.2 Å². The fraction of sp³-hybridized carbons (Fsp3) is 0.0345. The van der Waals surface area contributed by atoms with E-state index >= 15 is 0 Å². The number of halogens is 1. The lowest BCUT2D eigenvalue weighted by Crippen LogP contribution is -2.18. The van der Waals surface area contributed by atoms with Crippen LogP contribution in [0.15, 0.2) is 99.2 Å². The van der Waals surface area contributed by atoms with Crippen LogP contribution in [0.1, 0.15) is 21.8 Å². The molecule has 0 aliphatic heterocycles. The predicted octanol–water partition coefficient (Wildman–Crippen LogP) is 6.25. The van der Waals surface area contributed by atoms with Crippen LogP contribution in [0.2, 0.25) is 5.02 Å². The number of hydrazone groups is 1. The molecule has 192 valence electrons. The zero-order valence-electron chi connectivity index (χ0n) is 20.6. The minimum atomic E-state index is -0.617. The minimum absolute atomic E-state index is 0.104. The van der Waals surface area contributed by atoms with Crippen molar-refractivity contribution in [2.45, 2.75) is 6.92 Å². The highest BCUT2D eigenvalue weighted by Crippen LogP contribution is 2.38. The van der Waals surface area contributed by atoms with Gasteiger partial charge in [-0.25, -0.2) is 15.1 Å². The van der Waals surface area contributed by atoms with Crippen molar-refractivity contribution in [3.8, 4) is 28.3 Å². The molecule has 1 amide bonds. The van der Waals surface area contributed by atoms with E-state index in [0.29, 0.717) is 27.4 Å². The smallest absolute Gasteiger partial charge is 0.309 e. The molecule has 0 unspecified atom stereocenters. The number of rotatable bonds is 6. The third-order valence-electron chi connectivity index (χ3n) is 6.16. The molecule has 0 spiro atoms. The number of para-hydroxylation sites is 1. The van der Waals surface area contributed by atoms with Gasteiger partial charge in [0.25, 0.3) is 0 Å². The Bertz CT molecular complexity index is 1820. The van der Waals surface area contributed by atoms with Crippen LogP contribution in [0.4, 0.5) is 5.69 Å². The molecule has 0 bridgehead atoms. The quantitative estimate of drug-likeness (QED) is 0.191. The molecule has 0 aliphatic rings. The monoisotopic (exact) mass is 536 g/mol. The van der Waals surface area contributed by atoms with Crippen LogP contribution >= 0.6 is 11.6 Å². The van der Waals surface area contributed by atoms with Gasteiger partial charge in [-0.05, 0) is 49.4 Å². The van der Waals surface area contributed by atoms with E-state index in [9.17, 15) is 4.79 Å². The van der Waals surface area contributed by atoms with Crippen molar-refractivity contribution >= 4 is 40.5 Å². The molecule has 3 N–H and O–H groups in total. The second-order valence-electron chi connectivity index (χ2n) is 8.71. The van der Waals surface area contributed by atoms with Crippen molar-refractivity contribution in [1.29, 1.82) is 0 Å². The zero-order chi connectivity index (χ0) is 26.9. The zero-order valence-corrected chi connectivity index (χ0v) is 21.4. The number of hydrogen-bond donors (Lipinski definition) is 2. The Labute approximate surface area is 227 Å². The minimum Gasteiger partial charge on any atom is -0.464 e. The first-order valence-electron chi connectivity index (χ1n) is 12.0. The molecule has 2 aromatic carbocycles. The van der Waals surface area contributed by atoms with E-state index in [0.717, 1.165) is 22.5 Å². The summed E-state index contributed by atoms with van der Waals surface area (Å²) in [5.74, 6) is -0.165. The number of benzene rings is 2. The number of nitrogens with zero attached hydrogens (tertiary/aromatic N) is 4. The second-order valence-corrected chi connectivity index (χ2v) is 9.15. The average molecular weight is 537 g/mol. The Kier molecular flexibility index (Phi) is 6.18. The molecule has 0 saturated heterocycles. The van der Waals surface area contributed by atoms with Crippen molar-refractivity contribution in [2.24, 2.45) is 5.10 Å². The lowest BCUT2D eigenvalue weighted by Gasteiger charge is -2.05. The summed E-state index contributed by atoms with van der Waals surface area (Å²) in [6, 6.07) is 22.3. The highest BCUT2D eigenvalue weighted by molar-refractivity contribution is 6.30. The van der Waals surface area contributed by atoms with E-state index in [1.54, 1.807) is 35.2 Å². The first-order chi connectivity index (χ1) is 19.0. The van der Waals surface area contributed by atoms with E-state index in [2.05, 4.69) is 20.6 Å². The molecule has 6 rings (SSSR count). The molecule has 4 aromatic heterocycles. The third-order valence-corrected chi connectivity index (χ3v) is 6.41. The van der Waals surface area contributed by atoms with Crippen LogP contribution in [0.25, 0.3) is 39.4 Å². The van der Waals surface area contributed by atoms with Gasteiger partial charge in [0.2, 0.25) is 11.5 Å². The molecular weight excluding hydrogens is 516 g/mol. The number of nitrogens with one attached hydrogen (secondary N) is 1. The molecule has 6 aromatic rings. The third kappa shape index (κ3) is 4.67. The maximum atomic E-state index is 13.0. The van der Waals surface area contributed by atoms with Gasteiger partial charge in [-0.1, -0.05) is 41.9 Å². The number of aromatic nitrogens is 3. The standard InChI is InChI=1S/C29H21ClN6O3/c1-17-19(16-36(35-17)21-6-3-2-4-7-21)15-32-34-28(37)27-26(31)25-22(24-8-5-13-38-24)14-23(33-29(25)39-27)18-9-11-20(30)12-10-18/h2-16H,31H2,1H3,(H,34,37). The van der Waals surface area contributed by atoms with Crippen LogP contribution in [0, 0.1) is 6.92 Å². The fourth-order valence-electron chi connectivity index (χ4n) is 4.21. The molecule has 0 aliphatic carbocycles. The number of amides is 1. The molecule has 0 fully saturated rings. The summed E-state index contributed by atoms with van der Waals surface area (Å²) in [6.45, 7) is 1.86. The maximum Gasteiger partial charge on any atom is 0.309 e. The number of aryl methyl sites for hydroxylation is 1. The summed E-state index contributed by atoms with van der Waals surface area (Å²) >= 11 is 6.05. The van der Waals surface area contributed by atoms with Crippen molar-refractivity contribution < 1.29 is 13.6 Å². The number of carbonyl (C=O) groups is 1. The molecule has 4 heterocycles. The van der Waals surface area contributed by atoms with Gasteiger partial charge in [0.15, 0.2) is 0 Å². The summed E-state index contributed by atoms with van der Waals surface area (Å²) in [5, 5.41) is 9.68. The Hall–Kier alpha value is -5.15. The number of anilines is 1. The van der Waals surface area contributed by atoms with Crippen LogP contribution < -0.4 is 11.2 Å². The lowest BCUT2D eigenvalue weighted by atomic mass is 10.0. The number of nitrogens with two attached hydrogens (primary N) is 1. The number of nitrogen functional groups attached to an aromatic ring is 1. The van der Waals surface area contributed by atoms with Gasteiger partial charge in [-0.3, -0.25) is 4.79 Å².